The van der Waals surface area contributed by atoms with Gasteiger partial charge in [-0.15, -0.1) is 0 Å². The first-order valence-electron chi connectivity index (χ1n) is 6.78. The van der Waals surface area contributed by atoms with E-state index in [1.54, 1.807) is 7.05 Å². The number of thiol groups is 1. The number of aliphatic carboxylic acids is 1. The van der Waals surface area contributed by atoms with Gasteiger partial charge in [0.05, 0.1) is 0 Å². The second-order valence-corrected chi connectivity index (χ2v) is 7.89. The summed E-state index contributed by atoms with van der Waals surface area (Å²) in [6.45, 7) is 4.27. The van der Waals surface area contributed by atoms with Crippen LogP contribution in [0.4, 0.5) is 0 Å². The van der Waals surface area contributed by atoms with E-state index >= 15 is 0 Å². The zero-order valence-corrected chi connectivity index (χ0v) is 12.7. The van der Waals surface area contributed by atoms with Gasteiger partial charge in [0.15, 0.2) is 0 Å². The van der Waals surface area contributed by atoms with Crippen molar-refractivity contribution in [3.05, 3.63) is 29.8 Å². The number of carbonyl (C=O) groups is 1. The van der Waals surface area contributed by atoms with Crippen molar-refractivity contribution in [2.24, 2.45) is 5.92 Å². The van der Waals surface area contributed by atoms with Crippen molar-refractivity contribution in [3.63, 3.8) is 0 Å². The third-order valence-electron chi connectivity index (χ3n) is 4.05. The van der Waals surface area contributed by atoms with Crippen LogP contribution in [0.3, 0.4) is 0 Å². The maximum Gasteiger partial charge on any atom is 0.321 e. The predicted molar refractivity (Wildman–Crippen MR) is 81.4 cm³/mol. The van der Waals surface area contributed by atoms with Crippen molar-refractivity contribution in [1.82, 2.24) is 5.32 Å². The predicted octanol–water partition coefficient (Wildman–Crippen LogP) is 2.44. The average Bonchev–Trinajstić information content (AvgIpc) is 2.74. The number of hydrogen-bond acceptors (Lipinski definition) is 2. The summed E-state index contributed by atoms with van der Waals surface area (Å²) in [6.07, 6.45) is 1.13. The fourth-order valence-corrected chi connectivity index (χ4v) is 6.47. The highest BCUT2D eigenvalue weighted by Gasteiger charge is 2.40. The molecule has 3 nitrogen and oxygen atoms in total. The molecule has 1 aromatic rings. The molecule has 19 heavy (non-hydrogen) atoms. The Balaban J connectivity index is 2.28. The van der Waals surface area contributed by atoms with Crippen LogP contribution in [0.1, 0.15) is 18.9 Å². The van der Waals surface area contributed by atoms with Crippen LogP contribution in [-0.2, 0) is 4.79 Å². The number of nitrogens with one attached hydrogen (secondary N) is 1. The first-order chi connectivity index (χ1) is 9.04. The molecule has 0 aliphatic carbocycles. The summed E-state index contributed by atoms with van der Waals surface area (Å²) >= 11 is 0. The van der Waals surface area contributed by atoms with E-state index in [1.165, 1.54) is 10.5 Å². The molecule has 4 heteroatoms. The second kappa shape index (κ2) is 5.97. The molecule has 2 rings (SSSR count). The number of likely N-dealkylation sites (N-methyl/N-ethyl adjacent to an activating group) is 1. The van der Waals surface area contributed by atoms with Gasteiger partial charge in [-0.05, 0) is 37.0 Å². The van der Waals surface area contributed by atoms with E-state index in [2.05, 4.69) is 43.4 Å². The lowest BCUT2D eigenvalue weighted by Gasteiger charge is -2.31. The lowest BCUT2D eigenvalue weighted by atomic mass is 9.99. The van der Waals surface area contributed by atoms with Crippen LogP contribution in [0, 0.1) is 12.8 Å². The van der Waals surface area contributed by atoms with Gasteiger partial charge in [-0.2, -0.15) is 0 Å². The van der Waals surface area contributed by atoms with Crippen LogP contribution < -0.4 is 5.32 Å². The fraction of sp³-hybridized carbons (Fsp3) is 0.533. The first-order valence-corrected chi connectivity index (χ1v) is 8.37. The fourth-order valence-electron chi connectivity index (χ4n) is 2.96. The Morgan fingerprint density at radius 1 is 1.42 bits per heavy atom. The van der Waals surface area contributed by atoms with Crippen LogP contribution in [0.15, 0.2) is 29.2 Å². The van der Waals surface area contributed by atoms with Gasteiger partial charge < -0.3 is 10.4 Å². The first kappa shape index (κ1) is 14.4. The van der Waals surface area contributed by atoms with E-state index in [1.807, 2.05) is 0 Å². The molecular weight excluding hydrogens is 258 g/mol. The number of carboxylic acid groups (broad SMARTS) is 1. The molecule has 0 aromatic heterocycles. The quantitative estimate of drug-likeness (QED) is 0.743. The number of aryl methyl sites for hydroxylation is 1. The third-order valence-corrected chi connectivity index (χ3v) is 7.28. The summed E-state index contributed by atoms with van der Waals surface area (Å²) in [5, 5.41) is 12.6. The molecule has 1 fully saturated rings. The lowest BCUT2D eigenvalue weighted by molar-refractivity contribution is -0.139. The van der Waals surface area contributed by atoms with Crippen LogP contribution in [0.25, 0.3) is 0 Å². The van der Waals surface area contributed by atoms with E-state index in [-0.39, 0.29) is 16.1 Å². The largest absolute Gasteiger partial charge is 0.480 e. The molecule has 0 saturated carbocycles. The van der Waals surface area contributed by atoms with E-state index in [4.69, 9.17) is 0 Å². The van der Waals surface area contributed by atoms with Gasteiger partial charge in [0.2, 0.25) is 0 Å². The summed E-state index contributed by atoms with van der Waals surface area (Å²) in [6, 6.07) is 8.20. The lowest BCUT2D eigenvalue weighted by Crippen LogP contribution is -2.45. The van der Waals surface area contributed by atoms with Crippen LogP contribution in [0.5, 0.6) is 0 Å². The second-order valence-electron chi connectivity index (χ2n) is 5.39. The summed E-state index contributed by atoms with van der Waals surface area (Å²) in [4.78, 5) is 12.8. The molecule has 0 bridgehead atoms. The normalized spacial score (nSPS) is 30.2. The molecule has 1 aliphatic heterocycles. The van der Waals surface area contributed by atoms with Crippen molar-refractivity contribution in [2.75, 3.05) is 12.8 Å². The van der Waals surface area contributed by atoms with E-state index in [0.29, 0.717) is 5.92 Å². The standard InChI is InChI=1S/C15H23NO2S/c1-10-4-6-12(7-5-10)19-9-8-11(2)14(19)13(16-3)15(17)18/h4-7,11,13-14,16,19H,8-9H2,1-3H3,(H,17,18)/t11-,13?,14-/m1/s1. The van der Waals surface area contributed by atoms with E-state index in [0.717, 1.165) is 12.2 Å². The molecule has 1 aliphatic rings. The third kappa shape index (κ3) is 2.95. The molecule has 0 radical (unpaired) electrons. The topological polar surface area (TPSA) is 49.3 Å². The van der Waals surface area contributed by atoms with E-state index in [9.17, 15) is 9.90 Å². The molecule has 1 aromatic carbocycles. The Labute approximate surface area is 117 Å². The minimum atomic E-state index is -0.721. The summed E-state index contributed by atoms with van der Waals surface area (Å²) < 4.78 is 0. The zero-order chi connectivity index (χ0) is 14.0. The molecule has 1 heterocycles. The average molecular weight is 281 g/mol. The van der Waals surface area contributed by atoms with Crippen LogP contribution in [0.2, 0.25) is 0 Å². The van der Waals surface area contributed by atoms with Crippen LogP contribution in [-0.4, -0.2) is 35.2 Å². The van der Waals surface area contributed by atoms with Crippen molar-refractivity contribution < 1.29 is 9.90 Å². The number of rotatable bonds is 4. The molecule has 1 saturated heterocycles. The maximum absolute atomic E-state index is 11.4. The summed E-state index contributed by atoms with van der Waals surface area (Å²) in [5.74, 6) is 0.900. The Morgan fingerprint density at radius 2 is 2.05 bits per heavy atom. The van der Waals surface area contributed by atoms with Gasteiger partial charge in [0.1, 0.15) is 6.04 Å². The molecule has 4 atom stereocenters. The van der Waals surface area contributed by atoms with Crippen molar-refractivity contribution in [2.45, 2.75) is 36.5 Å². The summed E-state index contributed by atoms with van der Waals surface area (Å²) in [7, 11) is 1.38. The Morgan fingerprint density at radius 3 is 2.58 bits per heavy atom. The van der Waals surface area contributed by atoms with Crippen LogP contribution >= 0.6 is 10.9 Å². The highest BCUT2D eigenvalue weighted by molar-refractivity contribution is 8.17. The molecule has 2 N–H and O–H groups in total. The minimum absolute atomic E-state index is 0.236. The highest BCUT2D eigenvalue weighted by Crippen LogP contribution is 2.52. The molecule has 106 valence electrons. The monoisotopic (exact) mass is 281 g/mol. The molecule has 0 amide bonds. The zero-order valence-electron chi connectivity index (χ0n) is 11.8. The smallest absolute Gasteiger partial charge is 0.321 e. The number of benzene rings is 1. The SMILES string of the molecule is CNC(C(=O)O)[C@H]1[C@H](C)CC[SH]1c1ccc(C)cc1. The van der Waals surface area contributed by atoms with Gasteiger partial charge in [-0.1, -0.05) is 36.8 Å². The van der Waals surface area contributed by atoms with Gasteiger partial charge >= 0.3 is 5.97 Å². The van der Waals surface area contributed by atoms with Gasteiger partial charge in [-0.25, -0.2) is 10.9 Å². The Bertz CT molecular complexity index is 446. The molecule has 2 unspecified atom stereocenters. The maximum atomic E-state index is 11.4. The van der Waals surface area contributed by atoms with Crippen molar-refractivity contribution in [1.29, 1.82) is 0 Å². The van der Waals surface area contributed by atoms with Crippen molar-refractivity contribution in [3.8, 4) is 0 Å². The Hall–Kier alpha value is -1.00. The molecule has 0 spiro atoms. The Kier molecular flexibility index (Phi) is 4.53. The molecular formula is C15H23NO2S. The number of carboxylic acids is 1. The van der Waals surface area contributed by atoms with Gasteiger partial charge in [-0.3, -0.25) is 4.79 Å². The van der Waals surface area contributed by atoms with Gasteiger partial charge in [0, 0.05) is 5.25 Å². The summed E-state index contributed by atoms with van der Waals surface area (Å²) in [5.41, 5.74) is 1.26. The van der Waals surface area contributed by atoms with Crippen molar-refractivity contribution >= 4 is 16.9 Å². The van der Waals surface area contributed by atoms with E-state index < -0.39 is 12.0 Å². The highest BCUT2D eigenvalue weighted by atomic mass is 32.2. The van der Waals surface area contributed by atoms with Gasteiger partial charge in [0.25, 0.3) is 0 Å². The number of hydrogen-bond donors (Lipinski definition) is 3. The minimum Gasteiger partial charge on any atom is -0.480 e.